The van der Waals surface area contributed by atoms with E-state index in [-0.39, 0.29) is 35.9 Å². The van der Waals surface area contributed by atoms with E-state index in [1.165, 1.54) is 0 Å². The largest absolute Gasteiger partial charge is 0.444 e. The first-order valence-electron chi connectivity index (χ1n) is 10.9. The predicted octanol–water partition coefficient (Wildman–Crippen LogP) is 3.45. The van der Waals surface area contributed by atoms with Crippen molar-refractivity contribution < 1.29 is 19.1 Å². The van der Waals surface area contributed by atoms with Crippen LogP contribution in [0.15, 0.2) is 22.7 Å². The number of halogens is 1. The molecule has 0 unspecified atom stereocenters. The van der Waals surface area contributed by atoms with Crippen LogP contribution in [0.2, 0.25) is 0 Å². The number of fused-ring (bicyclic) bond motifs is 2. The van der Waals surface area contributed by atoms with Gasteiger partial charge in [0, 0.05) is 41.1 Å². The molecule has 2 fully saturated rings. The molecule has 168 valence electrons. The molecule has 1 spiro atoms. The standard InChI is InChI=1S/C23H30BrN3O4/c1-22(2,3)31-21(30)26-10-4-5-16(12-26)25-19(28)13-27-14-23(8-9-23)18-11-15(24)6-7-17(18)20(27)29/h6-7,11,16H,4-5,8-10,12-14H2,1-3H3,(H,25,28)/t16-/m0/s1. The predicted molar refractivity (Wildman–Crippen MR) is 120 cm³/mol. The third-order valence-electron chi connectivity index (χ3n) is 6.19. The van der Waals surface area contributed by atoms with Gasteiger partial charge in [-0.1, -0.05) is 15.9 Å². The molecule has 1 saturated carbocycles. The number of rotatable bonds is 3. The van der Waals surface area contributed by atoms with E-state index in [2.05, 4.69) is 21.2 Å². The van der Waals surface area contributed by atoms with Gasteiger partial charge in [-0.15, -0.1) is 0 Å². The van der Waals surface area contributed by atoms with Crippen molar-refractivity contribution in [3.63, 3.8) is 0 Å². The molecule has 0 aromatic heterocycles. The zero-order valence-corrected chi connectivity index (χ0v) is 20.0. The Hall–Kier alpha value is -2.09. The van der Waals surface area contributed by atoms with Gasteiger partial charge in [0.25, 0.3) is 5.91 Å². The molecule has 3 aliphatic rings. The van der Waals surface area contributed by atoms with Crippen LogP contribution in [0.25, 0.3) is 0 Å². The van der Waals surface area contributed by atoms with E-state index < -0.39 is 5.60 Å². The molecule has 1 aromatic rings. The van der Waals surface area contributed by atoms with Crippen molar-refractivity contribution in [2.24, 2.45) is 0 Å². The quantitative estimate of drug-likeness (QED) is 0.701. The number of nitrogens with zero attached hydrogens (tertiary/aromatic N) is 2. The van der Waals surface area contributed by atoms with Gasteiger partial charge in [-0.05, 0) is 70.2 Å². The van der Waals surface area contributed by atoms with Gasteiger partial charge in [0.05, 0.1) is 6.54 Å². The molecule has 0 bridgehead atoms. The summed E-state index contributed by atoms with van der Waals surface area (Å²) in [5.74, 6) is -0.269. The Morgan fingerprint density at radius 2 is 2.03 bits per heavy atom. The summed E-state index contributed by atoms with van der Waals surface area (Å²) in [5, 5.41) is 3.03. The van der Waals surface area contributed by atoms with Crippen molar-refractivity contribution in [2.45, 2.75) is 63.5 Å². The van der Waals surface area contributed by atoms with E-state index >= 15 is 0 Å². The number of carbonyl (C=O) groups excluding carboxylic acids is 3. The Balaban J connectivity index is 1.36. The fourth-order valence-corrected chi connectivity index (χ4v) is 4.94. The molecule has 4 rings (SSSR count). The lowest BCUT2D eigenvalue weighted by Gasteiger charge is -2.36. The summed E-state index contributed by atoms with van der Waals surface area (Å²) < 4.78 is 6.43. The van der Waals surface area contributed by atoms with Gasteiger partial charge in [0.1, 0.15) is 5.60 Å². The molecule has 2 aliphatic heterocycles. The number of likely N-dealkylation sites (tertiary alicyclic amines) is 1. The normalized spacial score (nSPS) is 22.2. The highest BCUT2D eigenvalue weighted by molar-refractivity contribution is 9.10. The number of ether oxygens (including phenoxy) is 1. The third kappa shape index (κ3) is 4.89. The Labute approximate surface area is 191 Å². The Morgan fingerprint density at radius 1 is 1.29 bits per heavy atom. The molecule has 1 N–H and O–H groups in total. The summed E-state index contributed by atoms with van der Waals surface area (Å²) in [5.41, 5.74) is 1.25. The van der Waals surface area contributed by atoms with Crippen molar-refractivity contribution in [1.29, 1.82) is 0 Å². The smallest absolute Gasteiger partial charge is 0.410 e. The van der Waals surface area contributed by atoms with Gasteiger partial charge in [0.15, 0.2) is 0 Å². The fraction of sp³-hybridized carbons (Fsp3) is 0.609. The maximum Gasteiger partial charge on any atom is 0.410 e. The number of piperidine rings is 1. The van der Waals surface area contributed by atoms with E-state index in [9.17, 15) is 14.4 Å². The van der Waals surface area contributed by atoms with E-state index in [0.29, 0.717) is 25.2 Å². The molecule has 1 aliphatic carbocycles. The van der Waals surface area contributed by atoms with Crippen LogP contribution in [0.3, 0.4) is 0 Å². The van der Waals surface area contributed by atoms with Gasteiger partial charge in [0.2, 0.25) is 5.91 Å². The molecule has 2 heterocycles. The molecule has 7 nitrogen and oxygen atoms in total. The van der Waals surface area contributed by atoms with Gasteiger partial charge in [-0.25, -0.2) is 4.79 Å². The number of benzene rings is 1. The second-order valence-corrected chi connectivity index (χ2v) is 10.9. The first-order valence-corrected chi connectivity index (χ1v) is 11.7. The van der Waals surface area contributed by atoms with Gasteiger partial charge in [-0.3, -0.25) is 9.59 Å². The summed E-state index contributed by atoms with van der Waals surface area (Å²) in [6, 6.07) is 5.65. The Bertz CT molecular complexity index is 907. The molecule has 3 amide bonds. The van der Waals surface area contributed by atoms with Gasteiger partial charge >= 0.3 is 6.09 Å². The second kappa shape index (κ2) is 8.11. The Kier molecular flexibility index (Phi) is 5.79. The van der Waals surface area contributed by atoms with Crippen molar-refractivity contribution >= 4 is 33.8 Å². The van der Waals surface area contributed by atoms with E-state index in [0.717, 1.165) is 35.7 Å². The highest BCUT2D eigenvalue weighted by Gasteiger charge is 2.51. The van der Waals surface area contributed by atoms with Crippen molar-refractivity contribution in [3.8, 4) is 0 Å². The fourth-order valence-electron chi connectivity index (χ4n) is 4.57. The molecule has 1 aromatic carbocycles. The van der Waals surface area contributed by atoms with Crippen LogP contribution in [-0.4, -0.2) is 65.5 Å². The number of hydrogen-bond donors (Lipinski definition) is 1. The number of nitrogens with one attached hydrogen (secondary N) is 1. The summed E-state index contributed by atoms with van der Waals surface area (Å²) in [6.07, 6.45) is 3.33. The van der Waals surface area contributed by atoms with Crippen LogP contribution in [0.4, 0.5) is 4.79 Å². The summed E-state index contributed by atoms with van der Waals surface area (Å²) in [4.78, 5) is 41.5. The lowest BCUT2D eigenvalue weighted by Crippen LogP contribution is -2.53. The van der Waals surface area contributed by atoms with Gasteiger partial charge in [-0.2, -0.15) is 0 Å². The van der Waals surface area contributed by atoms with Gasteiger partial charge < -0.3 is 19.9 Å². The molecule has 31 heavy (non-hydrogen) atoms. The summed E-state index contributed by atoms with van der Waals surface area (Å²) in [6.45, 7) is 7.19. The molecule has 1 atom stereocenters. The number of amides is 3. The minimum Gasteiger partial charge on any atom is -0.444 e. The summed E-state index contributed by atoms with van der Waals surface area (Å²) in [7, 11) is 0. The van der Waals surface area contributed by atoms with E-state index in [1.807, 2.05) is 39.0 Å². The Morgan fingerprint density at radius 3 is 2.71 bits per heavy atom. The van der Waals surface area contributed by atoms with Crippen molar-refractivity contribution in [2.75, 3.05) is 26.2 Å². The highest BCUT2D eigenvalue weighted by atomic mass is 79.9. The van der Waals surface area contributed by atoms with Crippen LogP contribution in [0.5, 0.6) is 0 Å². The van der Waals surface area contributed by atoms with Crippen molar-refractivity contribution in [1.82, 2.24) is 15.1 Å². The molecule has 8 heteroatoms. The monoisotopic (exact) mass is 491 g/mol. The lowest BCUT2D eigenvalue weighted by molar-refractivity contribution is -0.123. The minimum atomic E-state index is -0.549. The van der Waals surface area contributed by atoms with Crippen LogP contribution in [0.1, 0.15) is 62.4 Å². The topological polar surface area (TPSA) is 79.0 Å². The zero-order valence-electron chi connectivity index (χ0n) is 18.4. The summed E-state index contributed by atoms with van der Waals surface area (Å²) >= 11 is 3.51. The maximum atomic E-state index is 13.0. The highest BCUT2D eigenvalue weighted by Crippen LogP contribution is 2.52. The average molecular weight is 492 g/mol. The number of carbonyl (C=O) groups is 3. The molecular formula is C23H30BrN3O4. The van der Waals surface area contributed by atoms with Crippen LogP contribution >= 0.6 is 15.9 Å². The minimum absolute atomic E-state index is 0.00828. The number of hydrogen-bond acceptors (Lipinski definition) is 4. The first-order chi connectivity index (χ1) is 14.6. The molecule has 1 saturated heterocycles. The average Bonchev–Trinajstić information content (AvgIpc) is 3.45. The van der Waals surface area contributed by atoms with Crippen LogP contribution in [0, 0.1) is 0 Å². The van der Waals surface area contributed by atoms with E-state index in [4.69, 9.17) is 4.74 Å². The maximum absolute atomic E-state index is 13.0. The van der Waals surface area contributed by atoms with Crippen molar-refractivity contribution in [3.05, 3.63) is 33.8 Å². The van der Waals surface area contributed by atoms with E-state index in [1.54, 1.807) is 9.80 Å². The zero-order chi connectivity index (χ0) is 22.4. The first kappa shape index (κ1) is 22.1. The molecule has 0 radical (unpaired) electrons. The second-order valence-electron chi connectivity index (χ2n) is 9.96. The van der Waals surface area contributed by atoms with Crippen LogP contribution < -0.4 is 5.32 Å². The third-order valence-corrected chi connectivity index (χ3v) is 6.68. The lowest BCUT2D eigenvalue weighted by atomic mass is 9.86. The molecular weight excluding hydrogens is 462 g/mol. The van der Waals surface area contributed by atoms with Crippen LogP contribution in [-0.2, 0) is 14.9 Å². The SMILES string of the molecule is CC(C)(C)OC(=O)N1CCC[C@H](NC(=O)CN2CC3(CC3)c3cc(Br)ccc3C2=O)C1.